The lowest BCUT2D eigenvalue weighted by Crippen LogP contribution is -2.21. The first-order valence-electron chi connectivity index (χ1n) is 6.71. The summed E-state index contributed by atoms with van der Waals surface area (Å²) in [6.45, 7) is 2.08. The molecule has 0 saturated heterocycles. The lowest BCUT2D eigenvalue weighted by atomic mass is 10.0. The number of rotatable bonds is 1. The molecule has 4 rings (SSSR count). The second-order valence-corrected chi connectivity index (χ2v) is 4.67. The van der Waals surface area contributed by atoms with Gasteiger partial charge in [0.05, 0.1) is 0 Å². The molecule has 2 aromatic rings. The van der Waals surface area contributed by atoms with E-state index in [0.717, 1.165) is 22.6 Å². The van der Waals surface area contributed by atoms with Gasteiger partial charge in [0.15, 0.2) is 11.5 Å². The highest BCUT2D eigenvalue weighted by atomic mass is 16.6. The van der Waals surface area contributed by atoms with Gasteiger partial charge in [0, 0.05) is 5.56 Å². The van der Waals surface area contributed by atoms with Crippen LogP contribution in [-0.4, -0.2) is 26.4 Å². The first-order valence-corrected chi connectivity index (χ1v) is 6.71. The van der Waals surface area contributed by atoms with Gasteiger partial charge in [-0.2, -0.15) is 0 Å². The maximum absolute atomic E-state index is 5.85. The summed E-state index contributed by atoms with van der Waals surface area (Å²) in [6, 6.07) is 12.1. The zero-order valence-corrected chi connectivity index (χ0v) is 10.9. The van der Waals surface area contributed by atoms with E-state index in [-0.39, 0.29) is 0 Å². The number of hydrogen-bond donors (Lipinski definition) is 0. The van der Waals surface area contributed by atoms with Crippen LogP contribution in [0.25, 0.3) is 11.1 Å². The molecule has 0 unspecified atom stereocenters. The molecule has 2 aromatic carbocycles. The van der Waals surface area contributed by atoms with Gasteiger partial charge in [-0.3, -0.25) is 0 Å². The topological polar surface area (TPSA) is 36.9 Å². The molecule has 102 valence electrons. The van der Waals surface area contributed by atoms with Crippen LogP contribution < -0.4 is 18.9 Å². The van der Waals surface area contributed by atoms with Crippen molar-refractivity contribution in [3.8, 4) is 34.1 Å². The first kappa shape index (κ1) is 11.5. The molecule has 2 heterocycles. The number of benzene rings is 2. The average molecular weight is 270 g/mol. The molecule has 0 aromatic heterocycles. The lowest BCUT2D eigenvalue weighted by Gasteiger charge is -2.27. The van der Waals surface area contributed by atoms with E-state index in [1.807, 2.05) is 36.4 Å². The summed E-state index contributed by atoms with van der Waals surface area (Å²) in [6.07, 6.45) is 0. The van der Waals surface area contributed by atoms with Crippen molar-refractivity contribution < 1.29 is 18.9 Å². The van der Waals surface area contributed by atoms with Crippen LogP contribution in [-0.2, 0) is 0 Å². The van der Waals surface area contributed by atoms with Crippen molar-refractivity contribution in [2.45, 2.75) is 0 Å². The van der Waals surface area contributed by atoms with Crippen molar-refractivity contribution in [2.75, 3.05) is 26.4 Å². The largest absolute Gasteiger partial charge is 0.486 e. The van der Waals surface area contributed by atoms with Gasteiger partial charge in [0.1, 0.15) is 26.4 Å². The van der Waals surface area contributed by atoms with Crippen molar-refractivity contribution in [3.63, 3.8) is 0 Å². The summed E-state index contributed by atoms with van der Waals surface area (Å²) in [5, 5.41) is 0. The summed E-state index contributed by atoms with van der Waals surface area (Å²) in [7, 11) is 0. The van der Waals surface area contributed by atoms with E-state index in [1.165, 1.54) is 0 Å². The van der Waals surface area contributed by atoms with E-state index in [2.05, 4.69) is 0 Å². The molecule has 2 aliphatic heterocycles. The predicted octanol–water partition coefficient (Wildman–Crippen LogP) is 2.90. The Kier molecular flexibility index (Phi) is 2.66. The molecule has 0 fully saturated rings. The van der Waals surface area contributed by atoms with Crippen LogP contribution >= 0.6 is 0 Å². The third-order valence-electron chi connectivity index (χ3n) is 3.40. The van der Waals surface area contributed by atoms with Gasteiger partial charge >= 0.3 is 0 Å². The Bertz CT molecular complexity index is 637. The molecule has 0 radical (unpaired) electrons. The zero-order chi connectivity index (χ0) is 13.4. The molecule has 0 saturated carbocycles. The molecule has 20 heavy (non-hydrogen) atoms. The quantitative estimate of drug-likeness (QED) is 0.798. The number of hydrogen-bond acceptors (Lipinski definition) is 4. The summed E-state index contributed by atoms with van der Waals surface area (Å²) >= 11 is 0. The molecule has 2 bridgehead atoms. The van der Waals surface area contributed by atoms with E-state index >= 15 is 0 Å². The minimum absolute atomic E-state index is 0.503. The van der Waals surface area contributed by atoms with E-state index in [4.69, 9.17) is 18.9 Å². The van der Waals surface area contributed by atoms with Crippen molar-refractivity contribution in [3.05, 3.63) is 36.4 Å². The maximum atomic E-state index is 5.85. The van der Waals surface area contributed by atoms with Crippen molar-refractivity contribution in [1.82, 2.24) is 0 Å². The summed E-state index contributed by atoms with van der Waals surface area (Å²) in [5.74, 6) is 2.79. The second kappa shape index (κ2) is 4.63. The Morgan fingerprint density at radius 3 is 2.10 bits per heavy atom. The molecule has 0 N–H and O–H groups in total. The highest BCUT2D eigenvalue weighted by molar-refractivity contribution is 5.79. The van der Waals surface area contributed by atoms with Crippen molar-refractivity contribution >= 4 is 0 Å². The Morgan fingerprint density at radius 2 is 1.30 bits per heavy atom. The van der Waals surface area contributed by atoms with Crippen LogP contribution in [0.2, 0.25) is 0 Å². The van der Waals surface area contributed by atoms with Gasteiger partial charge in [-0.25, -0.2) is 0 Å². The predicted molar refractivity (Wildman–Crippen MR) is 73.9 cm³/mol. The fraction of sp³-hybridized carbons (Fsp3) is 0.250. The van der Waals surface area contributed by atoms with Crippen LogP contribution in [0, 0.1) is 0 Å². The highest BCUT2D eigenvalue weighted by Gasteiger charge is 2.28. The van der Waals surface area contributed by atoms with Gasteiger partial charge in [-0.15, -0.1) is 0 Å². The first-order chi connectivity index (χ1) is 9.93. The average Bonchev–Trinajstić information content (AvgIpc) is 2.48. The monoisotopic (exact) mass is 270 g/mol. The maximum Gasteiger partial charge on any atom is 0.208 e. The van der Waals surface area contributed by atoms with Crippen LogP contribution in [0.3, 0.4) is 0 Å². The van der Waals surface area contributed by atoms with Crippen molar-refractivity contribution in [1.29, 1.82) is 0 Å². The molecule has 4 nitrogen and oxygen atoms in total. The molecule has 0 spiro atoms. The van der Waals surface area contributed by atoms with Crippen LogP contribution in [0.4, 0.5) is 0 Å². The summed E-state index contributed by atoms with van der Waals surface area (Å²) < 4.78 is 23.0. The molecule has 2 aliphatic rings. The smallest absolute Gasteiger partial charge is 0.208 e. The minimum atomic E-state index is 0.503. The molecule has 4 heteroatoms. The van der Waals surface area contributed by atoms with Crippen LogP contribution in [0.15, 0.2) is 36.4 Å². The molecule has 0 amide bonds. The highest BCUT2D eigenvalue weighted by Crippen LogP contribution is 2.52. The summed E-state index contributed by atoms with van der Waals surface area (Å²) in [5.41, 5.74) is 2.05. The van der Waals surface area contributed by atoms with Crippen LogP contribution in [0.5, 0.6) is 23.0 Å². The Hall–Kier alpha value is -2.36. The van der Waals surface area contributed by atoms with Crippen molar-refractivity contribution in [2.24, 2.45) is 0 Å². The van der Waals surface area contributed by atoms with Crippen LogP contribution in [0.1, 0.15) is 0 Å². The fourth-order valence-electron chi connectivity index (χ4n) is 2.53. The van der Waals surface area contributed by atoms with E-state index in [1.54, 1.807) is 0 Å². The van der Waals surface area contributed by atoms with E-state index in [9.17, 15) is 0 Å². The SMILES string of the molecule is c1ccc(-c2cc3c4c(c2OCCO3)OCCO4)cc1. The normalized spacial score (nSPS) is 15.8. The van der Waals surface area contributed by atoms with Gasteiger partial charge < -0.3 is 18.9 Å². The fourth-order valence-corrected chi connectivity index (χ4v) is 2.53. The lowest BCUT2D eigenvalue weighted by molar-refractivity contribution is 0.134. The standard InChI is InChI=1S/C16H14O4/c1-2-4-11(5-3-1)12-10-13-15-16(20-9-8-19-15)14(12)18-7-6-17-13/h1-5,10H,6-9H2. The molecular formula is C16H14O4. The van der Waals surface area contributed by atoms with Gasteiger partial charge in [0.2, 0.25) is 11.5 Å². The van der Waals surface area contributed by atoms with Gasteiger partial charge in [-0.1, -0.05) is 30.3 Å². The molecular weight excluding hydrogens is 256 g/mol. The second-order valence-electron chi connectivity index (χ2n) is 4.67. The summed E-state index contributed by atoms with van der Waals surface area (Å²) in [4.78, 5) is 0. The van der Waals surface area contributed by atoms with E-state index < -0.39 is 0 Å². The molecule has 0 aliphatic carbocycles. The minimum Gasteiger partial charge on any atom is -0.486 e. The third-order valence-corrected chi connectivity index (χ3v) is 3.40. The Morgan fingerprint density at radius 1 is 0.650 bits per heavy atom. The molecule has 0 atom stereocenters. The zero-order valence-electron chi connectivity index (χ0n) is 10.9. The number of ether oxygens (including phenoxy) is 4. The van der Waals surface area contributed by atoms with E-state index in [0.29, 0.717) is 37.9 Å². The Labute approximate surface area is 116 Å². The third kappa shape index (κ3) is 1.76. The van der Waals surface area contributed by atoms with Gasteiger partial charge in [-0.05, 0) is 11.6 Å². The van der Waals surface area contributed by atoms with Gasteiger partial charge in [0.25, 0.3) is 0 Å². The Balaban J connectivity index is 1.97.